The van der Waals surface area contributed by atoms with Crippen LogP contribution in [0.3, 0.4) is 0 Å². The van der Waals surface area contributed by atoms with Crippen molar-refractivity contribution in [3.05, 3.63) is 65.7 Å². The lowest BCUT2D eigenvalue weighted by atomic mass is 9.86. The Bertz CT molecular complexity index is 1060. The standard InChI is InChI=1S/C16H22N2O.C8H14N2O2.C8H10/c1-16(2)13-6-4-5-7-14(13)18(15(16)19)12-8-10-17(3)11-9-12;11-5-4-10-8(12)7-2-1-3-9-6-7;1-2-8-6-4-3-5-7-8/h4-7,12H,8-11H2,1-3H3;5,7,9H,1-4,6H2,(H,10,12);3-7H,2H2,1H3. The maximum Gasteiger partial charge on any atom is 0.237 e. The van der Waals surface area contributed by atoms with Gasteiger partial charge in [0, 0.05) is 18.3 Å². The average Bonchev–Trinajstić information content (AvgIpc) is 3.18. The lowest BCUT2D eigenvalue weighted by molar-refractivity contribution is -0.126. The van der Waals surface area contributed by atoms with Crippen molar-refractivity contribution in [1.29, 1.82) is 0 Å². The summed E-state index contributed by atoms with van der Waals surface area (Å²) in [5.74, 6) is 0.316. The zero-order valence-corrected chi connectivity index (χ0v) is 24.1. The maximum absolute atomic E-state index is 12.8. The topological polar surface area (TPSA) is 81.8 Å². The molecule has 2 N–H and O–H groups in total. The molecule has 3 heterocycles. The Hall–Kier alpha value is -3.03. The van der Waals surface area contributed by atoms with Crippen LogP contribution in [0.4, 0.5) is 5.69 Å². The van der Waals surface area contributed by atoms with Gasteiger partial charge in [-0.25, -0.2) is 0 Å². The number of aryl methyl sites for hydroxylation is 1. The van der Waals surface area contributed by atoms with Crippen molar-refractivity contribution in [3.63, 3.8) is 0 Å². The van der Waals surface area contributed by atoms with Crippen molar-refractivity contribution < 1.29 is 14.4 Å². The minimum absolute atomic E-state index is 0.00528. The lowest BCUT2D eigenvalue weighted by Crippen LogP contribution is -2.47. The average molecular weight is 535 g/mol. The number of anilines is 1. The highest BCUT2D eigenvalue weighted by Crippen LogP contribution is 2.43. The molecular formula is C32H46N4O3. The van der Waals surface area contributed by atoms with Gasteiger partial charge in [-0.3, -0.25) is 9.59 Å². The van der Waals surface area contributed by atoms with E-state index in [9.17, 15) is 14.4 Å². The monoisotopic (exact) mass is 534 g/mol. The third kappa shape index (κ3) is 8.23. The van der Waals surface area contributed by atoms with Gasteiger partial charge in [-0.1, -0.05) is 55.5 Å². The van der Waals surface area contributed by atoms with E-state index in [0.29, 0.717) is 12.3 Å². The second kappa shape index (κ2) is 14.9. The Morgan fingerprint density at radius 3 is 2.31 bits per heavy atom. The Labute approximate surface area is 234 Å². The Balaban J connectivity index is 0.000000180. The molecule has 3 aliphatic heterocycles. The number of amides is 2. The smallest absolute Gasteiger partial charge is 0.237 e. The van der Waals surface area contributed by atoms with Crippen LogP contribution in [0.25, 0.3) is 0 Å². The zero-order valence-electron chi connectivity index (χ0n) is 24.1. The quantitative estimate of drug-likeness (QED) is 0.568. The van der Waals surface area contributed by atoms with Gasteiger partial charge in [-0.05, 0) is 89.8 Å². The van der Waals surface area contributed by atoms with Crippen LogP contribution in [0, 0.1) is 5.92 Å². The summed E-state index contributed by atoms with van der Waals surface area (Å²) >= 11 is 0. The Kier molecular flexibility index (Phi) is 11.7. The number of carbonyl (C=O) groups excluding carboxylic acids is 3. The summed E-state index contributed by atoms with van der Waals surface area (Å²) < 4.78 is 0. The van der Waals surface area contributed by atoms with Gasteiger partial charge in [-0.2, -0.15) is 0 Å². The lowest BCUT2D eigenvalue weighted by Gasteiger charge is -2.36. The highest BCUT2D eigenvalue weighted by molar-refractivity contribution is 6.08. The predicted octanol–water partition coefficient (Wildman–Crippen LogP) is 3.96. The number of aldehydes is 1. The first-order chi connectivity index (χ1) is 18.8. The molecule has 1 atom stereocenters. The predicted molar refractivity (Wildman–Crippen MR) is 158 cm³/mol. The number of hydrogen-bond donors (Lipinski definition) is 2. The number of rotatable bonds is 5. The number of benzene rings is 2. The fourth-order valence-corrected chi connectivity index (χ4v) is 5.43. The molecule has 2 fully saturated rings. The van der Waals surface area contributed by atoms with Crippen LogP contribution in [0.5, 0.6) is 0 Å². The van der Waals surface area contributed by atoms with Gasteiger partial charge in [0.1, 0.15) is 6.29 Å². The number of piperidine rings is 2. The molecule has 0 aromatic heterocycles. The minimum Gasteiger partial charge on any atom is -0.349 e. The summed E-state index contributed by atoms with van der Waals surface area (Å²) in [6, 6.07) is 19.1. The first-order valence-corrected chi connectivity index (χ1v) is 14.4. The summed E-state index contributed by atoms with van der Waals surface area (Å²) in [6.45, 7) is 10.3. The molecule has 0 spiro atoms. The summed E-state index contributed by atoms with van der Waals surface area (Å²) in [7, 11) is 2.15. The van der Waals surface area contributed by atoms with Crippen molar-refractivity contribution in [1.82, 2.24) is 15.5 Å². The van der Waals surface area contributed by atoms with Gasteiger partial charge >= 0.3 is 0 Å². The molecule has 212 valence electrons. The van der Waals surface area contributed by atoms with Crippen molar-refractivity contribution in [3.8, 4) is 0 Å². The van der Waals surface area contributed by atoms with Gasteiger partial charge in [-0.15, -0.1) is 0 Å². The van der Waals surface area contributed by atoms with Gasteiger partial charge < -0.3 is 25.2 Å². The number of nitrogens with one attached hydrogen (secondary N) is 2. The van der Waals surface area contributed by atoms with Crippen LogP contribution in [0.1, 0.15) is 57.6 Å². The van der Waals surface area contributed by atoms with E-state index in [-0.39, 0.29) is 29.7 Å². The van der Waals surface area contributed by atoms with E-state index < -0.39 is 0 Å². The SMILES string of the molecule is CCc1ccccc1.CN1CCC(N2C(=O)C(C)(C)c3ccccc32)CC1.O=CCNC(=O)C1CCCNC1. The van der Waals surface area contributed by atoms with E-state index in [1.807, 2.05) is 32.0 Å². The fourth-order valence-electron chi connectivity index (χ4n) is 5.43. The first kappa shape index (κ1) is 30.5. The largest absolute Gasteiger partial charge is 0.349 e. The van der Waals surface area contributed by atoms with Crippen LogP contribution in [0.15, 0.2) is 54.6 Å². The van der Waals surface area contributed by atoms with Crippen LogP contribution in [-0.4, -0.2) is 68.8 Å². The molecule has 3 aliphatic rings. The second-order valence-corrected chi connectivity index (χ2v) is 11.1. The minimum atomic E-state index is -0.375. The normalized spacial score (nSPS) is 20.6. The second-order valence-electron chi connectivity index (χ2n) is 11.1. The van der Waals surface area contributed by atoms with E-state index in [1.54, 1.807) is 0 Å². The number of nitrogens with zero attached hydrogens (tertiary/aromatic N) is 2. The zero-order chi connectivity index (χ0) is 28.3. The number of para-hydroxylation sites is 1. The van der Waals surface area contributed by atoms with Crippen molar-refractivity contribution >= 4 is 23.8 Å². The summed E-state index contributed by atoms with van der Waals surface area (Å²) in [5.41, 5.74) is 3.35. The van der Waals surface area contributed by atoms with Crippen LogP contribution in [-0.2, 0) is 26.2 Å². The first-order valence-electron chi connectivity index (χ1n) is 14.4. The summed E-state index contributed by atoms with van der Waals surface area (Å²) in [5, 5.41) is 5.70. The molecule has 7 nitrogen and oxygen atoms in total. The molecule has 2 amide bonds. The highest BCUT2D eigenvalue weighted by atomic mass is 16.2. The van der Waals surface area contributed by atoms with Crippen LogP contribution >= 0.6 is 0 Å². The number of fused-ring (bicyclic) bond motifs is 1. The molecule has 1 unspecified atom stereocenters. The van der Waals surface area contributed by atoms with E-state index in [1.165, 1.54) is 11.1 Å². The number of likely N-dealkylation sites (tertiary alicyclic amines) is 1. The molecule has 7 heteroatoms. The molecule has 2 aromatic rings. The van der Waals surface area contributed by atoms with Crippen LogP contribution < -0.4 is 15.5 Å². The number of carbonyl (C=O) groups is 3. The summed E-state index contributed by atoms with van der Waals surface area (Å²) in [4.78, 5) is 38.4. The Morgan fingerprint density at radius 2 is 1.72 bits per heavy atom. The van der Waals surface area contributed by atoms with Gasteiger partial charge in [0.2, 0.25) is 11.8 Å². The number of hydrogen-bond acceptors (Lipinski definition) is 5. The fraction of sp³-hybridized carbons (Fsp3) is 0.531. The molecule has 39 heavy (non-hydrogen) atoms. The molecule has 0 aliphatic carbocycles. The Morgan fingerprint density at radius 1 is 1.05 bits per heavy atom. The highest BCUT2D eigenvalue weighted by Gasteiger charge is 2.46. The van der Waals surface area contributed by atoms with Gasteiger partial charge in [0.05, 0.1) is 17.9 Å². The molecule has 0 bridgehead atoms. The summed E-state index contributed by atoms with van der Waals surface area (Å²) in [6.07, 6.45) is 5.96. The van der Waals surface area contributed by atoms with Crippen molar-refractivity contribution in [2.45, 2.75) is 64.3 Å². The van der Waals surface area contributed by atoms with Crippen LogP contribution in [0.2, 0.25) is 0 Å². The van der Waals surface area contributed by atoms with Gasteiger partial charge in [0.15, 0.2) is 0 Å². The third-order valence-electron chi connectivity index (χ3n) is 7.92. The van der Waals surface area contributed by atoms with E-state index in [0.717, 1.165) is 64.0 Å². The van der Waals surface area contributed by atoms with E-state index in [4.69, 9.17) is 0 Å². The maximum atomic E-state index is 12.8. The molecule has 2 saturated heterocycles. The molecule has 0 radical (unpaired) electrons. The molecular weight excluding hydrogens is 488 g/mol. The van der Waals surface area contributed by atoms with Crippen molar-refractivity contribution in [2.75, 3.05) is 44.7 Å². The third-order valence-corrected chi connectivity index (χ3v) is 7.92. The molecule has 2 aromatic carbocycles. The van der Waals surface area contributed by atoms with E-state index in [2.05, 4.69) is 70.8 Å². The molecule has 0 saturated carbocycles. The van der Waals surface area contributed by atoms with E-state index >= 15 is 0 Å². The van der Waals surface area contributed by atoms with Crippen molar-refractivity contribution in [2.24, 2.45) is 5.92 Å². The van der Waals surface area contributed by atoms with Gasteiger partial charge in [0.25, 0.3) is 0 Å². The molecule has 5 rings (SSSR count).